The van der Waals surface area contributed by atoms with Crippen molar-refractivity contribution in [3.8, 4) is 5.75 Å². The zero-order valence-electron chi connectivity index (χ0n) is 19.3. The fourth-order valence-electron chi connectivity index (χ4n) is 5.25. The van der Waals surface area contributed by atoms with Crippen LogP contribution in [0.25, 0.3) is 0 Å². The molecule has 2 aromatic rings. The van der Waals surface area contributed by atoms with E-state index in [1.165, 1.54) is 12.8 Å². The Morgan fingerprint density at radius 2 is 2.03 bits per heavy atom. The molecule has 1 amide bonds. The summed E-state index contributed by atoms with van der Waals surface area (Å²) in [6.07, 6.45) is 8.81. The summed E-state index contributed by atoms with van der Waals surface area (Å²) in [4.78, 5) is 25.0. The number of piperidine rings is 1. The van der Waals surface area contributed by atoms with Gasteiger partial charge in [0.15, 0.2) is 5.82 Å². The van der Waals surface area contributed by atoms with Gasteiger partial charge in [0.05, 0.1) is 31.3 Å². The van der Waals surface area contributed by atoms with Crippen LogP contribution in [0, 0.1) is 0 Å². The van der Waals surface area contributed by atoms with Gasteiger partial charge in [-0.3, -0.25) is 9.79 Å². The Labute approximate surface area is 195 Å². The Kier molecular flexibility index (Phi) is 6.20. The van der Waals surface area contributed by atoms with Crippen LogP contribution in [0.2, 0.25) is 0 Å². The predicted molar refractivity (Wildman–Crippen MR) is 131 cm³/mol. The molecule has 1 aliphatic carbocycles. The Morgan fingerprint density at radius 3 is 2.82 bits per heavy atom. The van der Waals surface area contributed by atoms with E-state index in [1.54, 1.807) is 6.20 Å². The van der Waals surface area contributed by atoms with Crippen molar-refractivity contribution < 1.29 is 9.53 Å². The summed E-state index contributed by atoms with van der Waals surface area (Å²) in [6, 6.07) is 12.2. The second-order valence-electron chi connectivity index (χ2n) is 9.32. The number of fused-ring (bicyclic) bond motifs is 1. The number of likely N-dealkylation sites (tertiary alicyclic amines) is 1. The van der Waals surface area contributed by atoms with Gasteiger partial charge in [0.25, 0.3) is 0 Å². The normalized spacial score (nSPS) is 23.8. The summed E-state index contributed by atoms with van der Waals surface area (Å²) < 4.78 is 5.52. The number of ether oxygens (including phenoxy) is 1. The van der Waals surface area contributed by atoms with Crippen LogP contribution >= 0.6 is 0 Å². The molecule has 2 fully saturated rings. The molecule has 1 saturated heterocycles. The fraction of sp³-hybridized carbons (Fsp3) is 0.500. The van der Waals surface area contributed by atoms with Crippen LogP contribution in [0.5, 0.6) is 5.75 Å². The number of rotatable bonds is 5. The van der Waals surface area contributed by atoms with E-state index in [4.69, 9.17) is 9.73 Å². The van der Waals surface area contributed by atoms with Gasteiger partial charge >= 0.3 is 0 Å². The number of benzene rings is 1. The van der Waals surface area contributed by atoms with Crippen LogP contribution in [0.15, 0.2) is 47.6 Å². The number of aromatic nitrogens is 1. The summed E-state index contributed by atoms with van der Waals surface area (Å²) in [5.74, 6) is 2.75. The maximum atomic E-state index is 13.3. The number of aliphatic imine (C=N–C) groups is 1. The third-order valence-electron chi connectivity index (χ3n) is 6.94. The fourth-order valence-corrected chi connectivity index (χ4v) is 5.25. The van der Waals surface area contributed by atoms with Crippen LogP contribution in [0.3, 0.4) is 0 Å². The minimum absolute atomic E-state index is 0.150. The molecule has 3 aliphatic rings. The lowest BCUT2D eigenvalue weighted by Crippen LogP contribution is -2.63. The molecule has 1 aromatic heterocycles. The number of pyridine rings is 1. The molecule has 5 rings (SSSR count). The minimum Gasteiger partial charge on any atom is -0.494 e. The van der Waals surface area contributed by atoms with E-state index >= 15 is 0 Å². The molecule has 33 heavy (non-hydrogen) atoms. The van der Waals surface area contributed by atoms with Gasteiger partial charge in [-0.1, -0.05) is 25.0 Å². The molecule has 2 N–H and O–H groups in total. The summed E-state index contributed by atoms with van der Waals surface area (Å²) in [5.41, 5.74) is 1.58. The van der Waals surface area contributed by atoms with Crippen molar-refractivity contribution in [2.24, 2.45) is 4.99 Å². The molecule has 2 aliphatic heterocycles. The molecule has 0 bridgehead atoms. The smallest absolute Gasteiger partial charge is 0.227 e. The summed E-state index contributed by atoms with van der Waals surface area (Å²) in [7, 11) is 0. The minimum atomic E-state index is -0.397. The lowest BCUT2D eigenvalue weighted by atomic mass is 9.85. The zero-order valence-corrected chi connectivity index (χ0v) is 19.3. The van der Waals surface area contributed by atoms with Gasteiger partial charge in [0.2, 0.25) is 5.91 Å². The largest absolute Gasteiger partial charge is 0.494 e. The van der Waals surface area contributed by atoms with Gasteiger partial charge in [-0.2, -0.15) is 0 Å². The van der Waals surface area contributed by atoms with Crippen LogP contribution < -0.4 is 15.4 Å². The molecule has 1 atom stereocenters. The summed E-state index contributed by atoms with van der Waals surface area (Å²) in [6.45, 7) is 3.99. The van der Waals surface area contributed by atoms with Crippen molar-refractivity contribution >= 4 is 23.2 Å². The molecule has 1 saturated carbocycles. The molecule has 7 nitrogen and oxygen atoms in total. The van der Waals surface area contributed by atoms with E-state index in [9.17, 15) is 4.79 Å². The van der Waals surface area contributed by atoms with Gasteiger partial charge in [-0.25, -0.2) is 4.98 Å². The van der Waals surface area contributed by atoms with E-state index in [0.29, 0.717) is 25.6 Å². The lowest BCUT2D eigenvalue weighted by molar-refractivity contribution is -0.131. The Morgan fingerprint density at radius 1 is 1.21 bits per heavy atom. The van der Waals surface area contributed by atoms with Gasteiger partial charge in [-0.15, -0.1) is 0 Å². The summed E-state index contributed by atoms with van der Waals surface area (Å²) in [5, 5.41) is 7.28. The Hall–Kier alpha value is -3.09. The molecule has 0 radical (unpaired) electrons. The number of hydrogen-bond donors (Lipinski definition) is 2. The average Bonchev–Trinajstić information content (AvgIpc) is 3.34. The van der Waals surface area contributed by atoms with E-state index < -0.39 is 5.54 Å². The summed E-state index contributed by atoms with van der Waals surface area (Å²) >= 11 is 0. The second kappa shape index (κ2) is 9.41. The standard InChI is InChI=1S/C26H33N5O2/c1-2-33-21-12-10-19(11-13-21)17-23(32)31-16-6-14-26(18-31)25(28-20-7-3-4-8-20)29-24-22(30-26)9-5-15-27-24/h5,9-13,15,20,30H,2-4,6-8,14,16-18H2,1H3,(H,27,28,29). The monoisotopic (exact) mass is 447 g/mol. The van der Waals surface area contributed by atoms with Crippen molar-refractivity contribution in [1.29, 1.82) is 0 Å². The van der Waals surface area contributed by atoms with Crippen LogP contribution in [0.1, 0.15) is 51.0 Å². The lowest BCUT2D eigenvalue weighted by Gasteiger charge is -2.47. The molecule has 1 unspecified atom stereocenters. The van der Waals surface area contributed by atoms with E-state index in [1.807, 2.05) is 48.2 Å². The quantitative estimate of drug-likeness (QED) is 0.716. The van der Waals surface area contributed by atoms with Crippen molar-refractivity contribution in [3.05, 3.63) is 48.2 Å². The highest BCUT2D eigenvalue weighted by molar-refractivity contribution is 6.09. The number of amidine groups is 1. The SMILES string of the molecule is CCOc1ccc(CC(=O)N2CCCC3(C2)Nc2cccnc2NC3=NC2CCCC2)cc1. The number of carbonyl (C=O) groups is 1. The van der Waals surface area contributed by atoms with Gasteiger partial charge in [0, 0.05) is 12.7 Å². The highest BCUT2D eigenvalue weighted by Gasteiger charge is 2.45. The predicted octanol–water partition coefficient (Wildman–Crippen LogP) is 4.26. The van der Waals surface area contributed by atoms with Gasteiger partial charge < -0.3 is 20.3 Å². The topological polar surface area (TPSA) is 78.8 Å². The molecule has 1 aromatic carbocycles. The molecular formula is C26H33N5O2. The third kappa shape index (κ3) is 4.68. The van der Waals surface area contributed by atoms with E-state index in [2.05, 4.69) is 15.6 Å². The van der Waals surface area contributed by atoms with Gasteiger partial charge in [-0.05, 0) is 62.4 Å². The van der Waals surface area contributed by atoms with E-state index in [-0.39, 0.29) is 5.91 Å². The Balaban J connectivity index is 1.36. The number of hydrogen-bond acceptors (Lipinski definition) is 5. The second-order valence-corrected chi connectivity index (χ2v) is 9.32. The molecular weight excluding hydrogens is 414 g/mol. The average molecular weight is 448 g/mol. The Bertz CT molecular complexity index is 1020. The first kappa shape index (κ1) is 21.7. The van der Waals surface area contributed by atoms with Crippen LogP contribution in [0.4, 0.5) is 11.5 Å². The first-order chi connectivity index (χ1) is 16.1. The van der Waals surface area contributed by atoms with Crippen molar-refractivity contribution in [3.63, 3.8) is 0 Å². The van der Waals surface area contributed by atoms with Crippen molar-refractivity contribution in [2.75, 3.05) is 30.3 Å². The zero-order chi connectivity index (χ0) is 22.7. The van der Waals surface area contributed by atoms with Gasteiger partial charge in [0.1, 0.15) is 17.1 Å². The highest BCUT2D eigenvalue weighted by Crippen LogP contribution is 2.36. The molecule has 3 heterocycles. The van der Waals surface area contributed by atoms with Crippen LogP contribution in [-0.2, 0) is 11.2 Å². The number of carbonyl (C=O) groups excluding carboxylic acids is 1. The molecule has 1 spiro atoms. The third-order valence-corrected chi connectivity index (χ3v) is 6.94. The highest BCUT2D eigenvalue weighted by atomic mass is 16.5. The first-order valence-electron chi connectivity index (χ1n) is 12.2. The van der Waals surface area contributed by atoms with Crippen molar-refractivity contribution in [2.45, 2.75) is 63.5 Å². The number of nitrogens with one attached hydrogen (secondary N) is 2. The number of nitrogens with zero attached hydrogens (tertiary/aromatic N) is 3. The maximum Gasteiger partial charge on any atom is 0.227 e. The van der Waals surface area contributed by atoms with Crippen molar-refractivity contribution in [1.82, 2.24) is 9.88 Å². The number of anilines is 2. The molecule has 7 heteroatoms. The first-order valence-corrected chi connectivity index (χ1v) is 12.2. The number of amides is 1. The maximum absolute atomic E-state index is 13.3. The molecule has 174 valence electrons. The van der Waals surface area contributed by atoms with Crippen LogP contribution in [-0.4, -0.2) is 52.9 Å². The van der Waals surface area contributed by atoms with E-state index in [0.717, 1.165) is 60.9 Å².